The highest BCUT2D eigenvalue weighted by atomic mass is 127. The Bertz CT molecular complexity index is 1030. The smallest absolute Gasteiger partial charge is 0.350 e. The second-order valence-electron chi connectivity index (χ2n) is 7.06. The maximum Gasteiger partial charge on any atom is 0.350 e. The van der Waals surface area contributed by atoms with Crippen LogP contribution >= 0.6 is 22.6 Å². The van der Waals surface area contributed by atoms with E-state index in [1.165, 1.54) is 0 Å². The third-order valence-electron chi connectivity index (χ3n) is 5.06. The first-order chi connectivity index (χ1) is 13.0. The summed E-state index contributed by atoms with van der Waals surface area (Å²) in [5, 5.41) is 0.740. The van der Waals surface area contributed by atoms with Crippen LogP contribution in [-0.2, 0) is 6.42 Å². The maximum atomic E-state index is 12.9. The van der Waals surface area contributed by atoms with Crippen LogP contribution in [0.3, 0.4) is 0 Å². The van der Waals surface area contributed by atoms with Crippen LogP contribution in [0.4, 0.5) is 0 Å². The molecule has 2 atom stereocenters. The SMILES string of the molecule is CCCc1c(I)c(=O)oc2c3c(c4c(c12)OC(CC)C=C4)OC(C)CC3=O. The number of halogens is 1. The van der Waals surface area contributed by atoms with Crippen molar-refractivity contribution in [3.05, 3.63) is 36.8 Å². The third kappa shape index (κ3) is 2.88. The van der Waals surface area contributed by atoms with Crippen molar-refractivity contribution in [2.45, 2.75) is 58.7 Å². The van der Waals surface area contributed by atoms with Crippen LogP contribution in [0.5, 0.6) is 11.5 Å². The van der Waals surface area contributed by atoms with Crippen molar-refractivity contribution in [2.24, 2.45) is 0 Å². The second-order valence-corrected chi connectivity index (χ2v) is 8.14. The standard InChI is InChI=1S/C21H21IO5/c1-4-6-12-15-18-13(8-7-11(5-2)26-18)19-16(14(23)9-10(3)25-19)20(15)27-21(24)17(12)22/h7-8,10-11H,4-6,9H2,1-3H3. The number of ketones is 1. The second kappa shape index (κ2) is 6.96. The van der Waals surface area contributed by atoms with Crippen LogP contribution in [0.1, 0.15) is 61.5 Å². The highest BCUT2D eigenvalue weighted by Crippen LogP contribution is 2.48. The molecule has 0 aliphatic carbocycles. The van der Waals surface area contributed by atoms with E-state index in [0.717, 1.165) is 29.4 Å². The van der Waals surface area contributed by atoms with E-state index in [0.29, 0.717) is 32.6 Å². The van der Waals surface area contributed by atoms with Gasteiger partial charge in [0.25, 0.3) is 0 Å². The van der Waals surface area contributed by atoms with Crippen LogP contribution in [-0.4, -0.2) is 18.0 Å². The Hall–Kier alpha value is -1.83. The van der Waals surface area contributed by atoms with E-state index in [1.54, 1.807) is 0 Å². The molecule has 0 N–H and O–H groups in total. The van der Waals surface area contributed by atoms with E-state index in [2.05, 4.69) is 13.8 Å². The van der Waals surface area contributed by atoms with Gasteiger partial charge in [-0.1, -0.05) is 20.3 Å². The predicted octanol–water partition coefficient (Wildman–Crippen LogP) is 4.89. The van der Waals surface area contributed by atoms with Crippen molar-refractivity contribution in [3.8, 4) is 11.5 Å². The molecule has 0 amide bonds. The number of ether oxygens (including phenoxy) is 2. The lowest BCUT2D eigenvalue weighted by atomic mass is 9.91. The molecule has 2 aliphatic rings. The fourth-order valence-corrected chi connectivity index (χ4v) is 4.45. The van der Waals surface area contributed by atoms with Crippen LogP contribution in [0.2, 0.25) is 0 Å². The third-order valence-corrected chi connectivity index (χ3v) is 6.15. The highest BCUT2D eigenvalue weighted by molar-refractivity contribution is 14.1. The summed E-state index contributed by atoms with van der Waals surface area (Å²) in [6.07, 6.45) is 6.35. The maximum absolute atomic E-state index is 12.9. The number of hydrogen-bond donors (Lipinski definition) is 0. The molecule has 0 radical (unpaired) electrons. The molecule has 3 heterocycles. The molecule has 2 unspecified atom stereocenters. The van der Waals surface area contributed by atoms with Gasteiger partial charge >= 0.3 is 5.63 Å². The van der Waals surface area contributed by atoms with Crippen molar-refractivity contribution in [1.29, 1.82) is 0 Å². The first-order valence-electron chi connectivity index (χ1n) is 9.36. The van der Waals surface area contributed by atoms with Gasteiger partial charge in [-0.3, -0.25) is 4.79 Å². The molecule has 0 saturated heterocycles. The van der Waals surface area contributed by atoms with Gasteiger partial charge in [-0.2, -0.15) is 0 Å². The zero-order chi connectivity index (χ0) is 19.3. The summed E-state index contributed by atoms with van der Waals surface area (Å²) in [6.45, 7) is 5.98. The van der Waals surface area contributed by atoms with E-state index in [-0.39, 0.29) is 24.4 Å². The van der Waals surface area contributed by atoms with Gasteiger partial charge in [0, 0.05) is 6.42 Å². The largest absolute Gasteiger partial charge is 0.489 e. The van der Waals surface area contributed by atoms with E-state index in [4.69, 9.17) is 13.9 Å². The van der Waals surface area contributed by atoms with Gasteiger partial charge < -0.3 is 13.9 Å². The van der Waals surface area contributed by atoms with Crippen molar-refractivity contribution in [3.63, 3.8) is 0 Å². The summed E-state index contributed by atoms with van der Waals surface area (Å²) < 4.78 is 18.5. The number of rotatable bonds is 3. The molecule has 5 nitrogen and oxygen atoms in total. The van der Waals surface area contributed by atoms with E-state index in [9.17, 15) is 9.59 Å². The molecular weight excluding hydrogens is 459 g/mol. The summed E-state index contributed by atoms with van der Waals surface area (Å²) >= 11 is 2.03. The van der Waals surface area contributed by atoms with Gasteiger partial charge in [0.05, 0.1) is 10.9 Å². The molecule has 4 rings (SSSR count). The van der Waals surface area contributed by atoms with Crippen LogP contribution in [0.25, 0.3) is 17.0 Å². The molecule has 1 aromatic heterocycles. The number of aryl methyl sites for hydroxylation is 1. The van der Waals surface area contributed by atoms with Gasteiger partial charge in [0.15, 0.2) is 11.4 Å². The summed E-state index contributed by atoms with van der Waals surface area (Å²) in [6, 6.07) is 0. The van der Waals surface area contributed by atoms with Crippen LogP contribution < -0.4 is 15.1 Å². The normalized spacial score (nSPS) is 20.8. The van der Waals surface area contributed by atoms with Crippen LogP contribution in [0, 0.1) is 3.57 Å². The molecule has 2 aliphatic heterocycles. The number of benzene rings is 1. The minimum absolute atomic E-state index is 0.0606. The Labute approximate surface area is 170 Å². The molecule has 0 spiro atoms. The fourth-order valence-electron chi connectivity index (χ4n) is 3.80. The van der Waals surface area contributed by atoms with Gasteiger partial charge in [-0.15, -0.1) is 0 Å². The van der Waals surface area contributed by atoms with Crippen molar-refractivity contribution in [1.82, 2.24) is 0 Å². The number of fused-ring (bicyclic) bond motifs is 6. The first kappa shape index (κ1) is 18.5. The Morgan fingerprint density at radius 1 is 1.19 bits per heavy atom. The summed E-state index contributed by atoms with van der Waals surface area (Å²) in [5.41, 5.74) is 1.91. The predicted molar refractivity (Wildman–Crippen MR) is 112 cm³/mol. The van der Waals surface area contributed by atoms with Crippen LogP contribution in [0.15, 0.2) is 15.3 Å². The van der Waals surface area contributed by atoms with E-state index >= 15 is 0 Å². The van der Waals surface area contributed by atoms with Crippen molar-refractivity contribution in [2.75, 3.05) is 0 Å². The molecule has 27 heavy (non-hydrogen) atoms. The van der Waals surface area contributed by atoms with Crippen molar-refractivity contribution >= 4 is 45.4 Å². The van der Waals surface area contributed by atoms with Gasteiger partial charge in [-0.25, -0.2) is 4.79 Å². The Balaban J connectivity index is 2.18. The molecule has 1 aromatic carbocycles. The lowest BCUT2D eigenvalue weighted by Gasteiger charge is -2.30. The molecule has 2 aromatic rings. The fraction of sp³-hybridized carbons (Fsp3) is 0.429. The van der Waals surface area contributed by atoms with Gasteiger partial charge in [-0.05, 0) is 60.1 Å². The average molecular weight is 480 g/mol. The summed E-state index contributed by atoms with van der Waals surface area (Å²) in [5.74, 6) is 1.07. The first-order valence-corrected chi connectivity index (χ1v) is 10.4. The zero-order valence-electron chi connectivity index (χ0n) is 15.6. The quantitative estimate of drug-likeness (QED) is 0.463. The lowest BCUT2D eigenvalue weighted by molar-refractivity contribution is 0.0870. The van der Waals surface area contributed by atoms with Gasteiger partial charge in [0.2, 0.25) is 0 Å². The minimum Gasteiger partial charge on any atom is -0.489 e. The zero-order valence-corrected chi connectivity index (χ0v) is 17.7. The summed E-state index contributed by atoms with van der Waals surface area (Å²) in [4.78, 5) is 25.4. The molecule has 6 heteroatoms. The highest BCUT2D eigenvalue weighted by Gasteiger charge is 2.35. The molecule has 0 saturated carbocycles. The molecule has 142 valence electrons. The number of Topliss-reactive ketones (excluding diaryl/α,β-unsaturated/α-hetero) is 1. The molecule has 0 bridgehead atoms. The number of hydrogen-bond acceptors (Lipinski definition) is 5. The topological polar surface area (TPSA) is 65.7 Å². The Kier molecular flexibility index (Phi) is 4.78. The van der Waals surface area contributed by atoms with E-state index in [1.807, 2.05) is 41.7 Å². The molecule has 0 fully saturated rings. The summed E-state index contributed by atoms with van der Waals surface area (Å²) in [7, 11) is 0. The molecular formula is C21H21IO5. The van der Waals surface area contributed by atoms with Gasteiger partial charge in [0.1, 0.15) is 32.8 Å². The Morgan fingerprint density at radius 2 is 1.96 bits per heavy atom. The lowest BCUT2D eigenvalue weighted by Crippen LogP contribution is -2.27. The number of carbonyl (C=O) groups excluding carboxylic acids is 1. The number of carbonyl (C=O) groups is 1. The monoisotopic (exact) mass is 480 g/mol. The minimum atomic E-state index is -0.418. The van der Waals surface area contributed by atoms with Crippen molar-refractivity contribution < 1.29 is 18.7 Å². The average Bonchev–Trinajstić information content (AvgIpc) is 2.64. The van der Waals surface area contributed by atoms with E-state index < -0.39 is 5.63 Å². The Morgan fingerprint density at radius 3 is 2.67 bits per heavy atom.